The molecule has 1 aromatic carbocycles. The van der Waals surface area contributed by atoms with E-state index in [0.29, 0.717) is 19.6 Å². The number of nitrogens with zero attached hydrogens (tertiary/aromatic N) is 4. The molecule has 128 valence electrons. The molecule has 0 aliphatic carbocycles. The van der Waals surface area contributed by atoms with E-state index >= 15 is 0 Å². The molecule has 2 aromatic rings. The van der Waals surface area contributed by atoms with E-state index in [2.05, 4.69) is 16.8 Å². The number of allylic oxidation sites excluding steroid dienone is 1. The zero-order valence-electron chi connectivity index (χ0n) is 14.5. The van der Waals surface area contributed by atoms with Gasteiger partial charge in [0, 0.05) is 19.6 Å². The zero-order valence-corrected chi connectivity index (χ0v) is 15.3. The molecule has 24 heavy (non-hydrogen) atoms. The summed E-state index contributed by atoms with van der Waals surface area (Å²) in [6.45, 7) is 11.7. The SMILES string of the molecule is C=CCn1c(C)nnc1SC(C(=O)N(CC)CC)c1ccccc1. The minimum absolute atomic E-state index is 0.0991. The fourth-order valence-corrected chi connectivity index (χ4v) is 3.66. The van der Waals surface area contributed by atoms with Gasteiger partial charge in [0.2, 0.25) is 5.91 Å². The summed E-state index contributed by atoms with van der Waals surface area (Å²) in [5.41, 5.74) is 0.977. The Labute approximate surface area is 147 Å². The molecule has 1 heterocycles. The van der Waals surface area contributed by atoms with E-state index in [1.54, 1.807) is 0 Å². The average Bonchev–Trinajstić information content (AvgIpc) is 2.95. The molecule has 0 aliphatic heterocycles. The number of aryl methyl sites for hydroxylation is 1. The molecular formula is C18H24N4OS. The second-order valence-electron chi connectivity index (χ2n) is 5.35. The van der Waals surface area contributed by atoms with Gasteiger partial charge in [-0.05, 0) is 26.3 Å². The molecule has 1 amide bonds. The summed E-state index contributed by atoms with van der Waals surface area (Å²) in [7, 11) is 0. The first-order valence-electron chi connectivity index (χ1n) is 8.13. The first kappa shape index (κ1) is 18.3. The van der Waals surface area contributed by atoms with Crippen molar-refractivity contribution in [2.24, 2.45) is 0 Å². The number of hydrogen-bond donors (Lipinski definition) is 0. The van der Waals surface area contributed by atoms with Crippen molar-refractivity contribution in [2.45, 2.75) is 37.7 Å². The van der Waals surface area contributed by atoms with Crippen molar-refractivity contribution in [1.82, 2.24) is 19.7 Å². The second kappa shape index (κ2) is 8.68. The van der Waals surface area contributed by atoms with Gasteiger partial charge in [-0.1, -0.05) is 48.2 Å². The van der Waals surface area contributed by atoms with E-state index in [0.717, 1.165) is 16.5 Å². The summed E-state index contributed by atoms with van der Waals surface area (Å²) in [5, 5.41) is 8.80. The number of aromatic nitrogens is 3. The summed E-state index contributed by atoms with van der Waals surface area (Å²) in [6, 6.07) is 9.84. The van der Waals surface area contributed by atoms with Crippen LogP contribution in [-0.4, -0.2) is 38.7 Å². The molecule has 0 fully saturated rings. The van der Waals surface area contributed by atoms with Crippen molar-refractivity contribution in [3.63, 3.8) is 0 Å². The van der Waals surface area contributed by atoms with Crippen LogP contribution >= 0.6 is 11.8 Å². The lowest BCUT2D eigenvalue weighted by Gasteiger charge is -2.25. The summed E-state index contributed by atoms with van der Waals surface area (Å²) in [6.07, 6.45) is 1.81. The van der Waals surface area contributed by atoms with E-state index in [-0.39, 0.29) is 11.2 Å². The Kier molecular flexibility index (Phi) is 6.61. The van der Waals surface area contributed by atoms with Crippen molar-refractivity contribution in [3.05, 3.63) is 54.4 Å². The van der Waals surface area contributed by atoms with Crippen molar-refractivity contribution in [2.75, 3.05) is 13.1 Å². The number of hydrogen-bond acceptors (Lipinski definition) is 4. The zero-order chi connectivity index (χ0) is 17.5. The van der Waals surface area contributed by atoms with Gasteiger partial charge >= 0.3 is 0 Å². The molecule has 2 rings (SSSR count). The summed E-state index contributed by atoms with van der Waals surface area (Å²) in [5.74, 6) is 0.918. The highest BCUT2D eigenvalue weighted by Gasteiger charge is 2.27. The van der Waals surface area contributed by atoms with E-state index in [1.165, 1.54) is 11.8 Å². The standard InChI is InChI=1S/C18H24N4OS/c1-5-13-22-14(4)19-20-18(22)24-16(15-11-9-8-10-12-15)17(23)21(6-2)7-3/h5,8-12,16H,1,6-7,13H2,2-4H3. The number of rotatable bonds is 8. The van der Waals surface area contributed by atoms with Gasteiger partial charge in [0.1, 0.15) is 11.1 Å². The Bertz CT molecular complexity index is 680. The lowest BCUT2D eigenvalue weighted by molar-refractivity contribution is -0.130. The Morgan fingerprint density at radius 1 is 1.29 bits per heavy atom. The van der Waals surface area contributed by atoms with E-state index in [4.69, 9.17) is 0 Å². The quantitative estimate of drug-likeness (QED) is 0.543. The molecule has 0 radical (unpaired) electrons. The van der Waals surface area contributed by atoms with E-state index in [9.17, 15) is 4.79 Å². The summed E-state index contributed by atoms with van der Waals surface area (Å²) < 4.78 is 1.98. The number of carbonyl (C=O) groups is 1. The maximum Gasteiger partial charge on any atom is 0.240 e. The van der Waals surface area contributed by atoms with Crippen molar-refractivity contribution >= 4 is 17.7 Å². The predicted molar refractivity (Wildman–Crippen MR) is 97.9 cm³/mol. The van der Waals surface area contributed by atoms with Crippen molar-refractivity contribution < 1.29 is 4.79 Å². The number of thioether (sulfide) groups is 1. The van der Waals surface area contributed by atoms with Gasteiger partial charge < -0.3 is 9.47 Å². The molecule has 5 nitrogen and oxygen atoms in total. The number of benzene rings is 1. The summed E-state index contributed by atoms with van der Waals surface area (Å²) >= 11 is 1.45. The number of likely N-dealkylation sites (N-methyl/N-ethyl adjacent to an activating group) is 1. The molecule has 1 unspecified atom stereocenters. The molecule has 0 N–H and O–H groups in total. The third kappa shape index (κ3) is 4.06. The maximum absolute atomic E-state index is 13.0. The van der Waals surface area contributed by atoms with Crippen molar-refractivity contribution in [3.8, 4) is 0 Å². The van der Waals surface area contributed by atoms with Gasteiger partial charge in [-0.15, -0.1) is 16.8 Å². The molecule has 1 atom stereocenters. The van der Waals surface area contributed by atoms with Crippen LogP contribution in [0.3, 0.4) is 0 Å². The molecule has 0 spiro atoms. The van der Waals surface area contributed by atoms with Crippen molar-refractivity contribution in [1.29, 1.82) is 0 Å². The molecule has 0 bridgehead atoms. The Morgan fingerprint density at radius 3 is 2.54 bits per heavy atom. The van der Waals surface area contributed by atoms with Crippen LogP contribution in [0, 0.1) is 6.92 Å². The molecule has 0 aliphatic rings. The highest BCUT2D eigenvalue weighted by Crippen LogP contribution is 2.36. The van der Waals surface area contributed by atoms with Gasteiger partial charge in [0.15, 0.2) is 5.16 Å². The Balaban J connectivity index is 2.37. The fourth-order valence-electron chi connectivity index (χ4n) is 2.48. The van der Waals surface area contributed by atoms with Crippen LogP contribution in [0.1, 0.15) is 30.5 Å². The third-order valence-corrected chi connectivity index (χ3v) is 5.06. The van der Waals surface area contributed by atoms with E-state index in [1.807, 2.05) is 66.6 Å². The monoisotopic (exact) mass is 344 g/mol. The van der Waals surface area contributed by atoms with Crippen LogP contribution in [0.25, 0.3) is 0 Å². The van der Waals surface area contributed by atoms with Crippen LogP contribution in [0.5, 0.6) is 0 Å². The normalized spacial score (nSPS) is 12.0. The molecule has 0 saturated heterocycles. The van der Waals surface area contributed by atoms with Crippen LogP contribution in [0.15, 0.2) is 48.1 Å². The number of carbonyl (C=O) groups excluding carboxylic acids is 1. The van der Waals surface area contributed by atoms with Crippen LogP contribution in [-0.2, 0) is 11.3 Å². The molecular weight excluding hydrogens is 320 g/mol. The van der Waals surface area contributed by atoms with E-state index < -0.39 is 0 Å². The maximum atomic E-state index is 13.0. The molecule has 1 aromatic heterocycles. The highest BCUT2D eigenvalue weighted by atomic mass is 32.2. The van der Waals surface area contributed by atoms with Crippen LogP contribution in [0.2, 0.25) is 0 Å². The topological polar surface area (TPSA) is 51.0 Å². The van der Waals surface area contributed by atoms with Gasteiger partial charge in [0.05, 0.1) is 0 Å². The lowest BCUT2D eigenvalue weighted by Crippen LogP contribution is -2.34. The smallest absolute Gasteiger partial charge is 0.240 e. The van der Waals surface area contributed by atoms with Gasteiger partial charge in [0.25, 0.3) is 0 Å². The first-order valence-corrected chi connectivity index (χ1v) is 9.01. The molecule has 6 heteroatoms. The Hall–Kier alpha value is -2.08. The average molecular weight is 344 g/mol. The molecule has 0 saturated carbocycles. The first-order chi connectivity index (χ1) is 11.6. The lowest BCUT2D eigenvalue weighted by atomic mass is 10.1. The number of amides is 1. The van der Waals surface area contributed by atoms with Gasteiger partial charge in [-0.2, -0.15) is 0 Å². The van der Waals surface area contributed by atoms with Crippen LogP contribution < -0.4 is 0 Å². The fraction of sp³-hybridized carbons (Fsp3) is 0.389. The van der Waals surface area contributed by atoms with Crippen LogP contribution in [0.4, 0.5) is 0 Å². The summed E-state index contributed by atoms with van der Waals surface area (Å²) in [4.78, 5) is 14.9. The third-order valence-electron chi connectivity index (χ3n) is 3.84. The van der Waals surface area contributed by atoms with Gasteiger partial charge in [-0.3, -0.25) is 4.79 Å². The minimum atomic E-state index is -0.335. The largest absolute Gasteiger partial charge is 0.342 e. The highest BCUT2D eigenvalue weighted by molar-refractivity contribution is 8.00. The predicted octanol–water partition coefficient (Wildman–Crippen LogP) is 3.47. The van der Waals surface area contributed by atoms with Gasteiger partial charge in [-0.25, -0.2) is 0 Å². The second-order valence-corrected chi connectivity index (χ2v) is 6.42. The minimum Gasteiger partial charge on any atom is -0.342 e. The Morgan fingerprint density at radius 2 is 1.96 bits per heavy atom.